The molecule has 1 aliphatic heterocycles. The molecule has 0 bridgehead atoms. The van der Waals surface area contributed by atoms with Crippen molar-refractivity contribution < 1.29 is 4.57 Å². The highest BCUT2D eigenvalue weighted by atomic mass is 15.2. The molecule has 2 aromatic carbocycles. The molecule has 188 valence electrons. The van der Waals surface area contributed by atoms with Gasteiger partial charge in [-0.15, -0.1) is 0 Å². The lowest BCUT2D eigenvalue weighted by molar-refractivity contribution is -0.610. The third-order valence-electron chi connectivity index (χ3n) is 10.7. The third-order valence-corrected chi connectivity index (χ3v) is 10.7. The van der Waals surface area contributed by atoms with E-state index in [0.29, 0.717) is 5.92 Å². The van der Waals surface area contributed by atoms with Gasteiger partial charge in [-0.05, 0) is 75.0 Å². The number of imidazole rings is 1. The van der Waals surface area contributed by atoms with Crippen LogP contribution in [0.2, 0.25) is 0 Å². The van der Waals surface area contributed by atoms with Crippen LogP contribution in [0.4, 0.5) is 0 Å². The number of hydrogen-bond acceptors (Lipinski definition) is 0. The van der Waals surface area contributed by atoms with Crippen LogP contribution in [-0.2, 0) is 5.41 Å². The normalized spacial score (nSPS) is 22.3. The zero-order valence-electron chi connectivity index (χ0n) is 22.4. The number of rotatable bonds is 4. The molecular weight excluding hydrogens is 436 g/mol. The van der Waals surface area contributed by atoms with E-state index in [2.05, 4.69) is 71.5 Å². The van der Waals surface area contributed by atoms with Crippen molar-refractivity contribution >= 4 is 0 Å². The van der Waals surface area contributed by atoms with E-state index in [4.69, 9.17) is 0 Å². The van der Waals surface area contributed by atoms with Crippen LogP contribution in [-0.4, -0.2) is 4.57 Å². The Morgan fingerprint density at radius 3 is 1.94 bits per heavy atom. The second-order valence-electron chi connectivity index (χ2n) is 12.4. The number of fused-ring (bicyclic) bond motifs is 3. The van der Waals surface area contributed by atoms with Crippen LogP contribution in [0.25, 0.3) is 11.4 Å². The van der Waals surface area contributed by atoms with Gasteiger partial charge in [0.05, 0.1) is 11.3 Å². The van der Waals surface area contributed by atoms with Crippen molar-refractivity contribution in [3.8, 4) is 11.4 Å². The average molecular weight is 480 g/mol. The summed E-state index contributed by atoms with van der Waals surface area (Å²) < 4.78 is 5.60. The number of aromatic nitrogens is 2. The van der Waals surface area contributed by atoms with Gasteiger partial charge in [-0.25, -0.2) is 0 Å². The molecular formula is C34H43N2+. The Morgan fingerprint density at radius 2 is 1.28 bits per heavy atom. The molecule has 0 N–H and O–H groups in total. The number of hydrogen-bond donors (Lipinski definition) is 0. The molecule has 2 nitrogen and oxygen atoms in total. The minimum absolute atomic E-state index is 0.186. The number of aryl methyl sites for hydroxylation is 1. The molecule has 0 unspecified atom stereocenters. The van der Waals surface area contributed by atoms with Gasteiger partial charge in [0.2, 0.25) is 0 Å². The van der Waals surface area contributed by atoms with E-state index >= 15 is 0 Å². The average Bonchev–Trinajstić information content (AvgIpc) is 3.71. The van der Waals surface area contributed by atoms with Gasteiger partial charge in [0, 0.05) is 12.5 Å². The number of benzene rings is 2. The molecule has 0 spiro atoms. The van der Waals surface area contributed by atoms with Gasteiger partial charge in [-0.1, -0.05) is 81.3 Å². The summed E-state index contributed by atoms with van der Waals surface area (Å²) in [5.41, 5.74) is 9.39. The van der Waals surface area contributed by atoms with Gasteiger partial charge in [-0.2, -0.15) is 9.13 Å². The van der Waals surface area contributed by atoms with Crippen molar-refractivity contribution in [2.75, 3.05) is 0 Å². The van der Waals surface area contributed by atoms with Gasteiger partial charge in [0.25, 0.3) is 5.82 Å². The van der Waals surface area contributed by atoms with Crippen molar-refractivity contribution in [1.82, 2.24) is 4.57 Å². The van der Waals surface area contributed by atoms with Gasteiger partial charge in [-0.3, -0.25) is 0 Å². The molecule has 0 saturated heterocycles. The molecule has 0 radical (unpaired) electrons. The summed E-state index contributed by atoms with van der Waals surface area (Å²) in [7, 11) is 0. The molecule has 2 heteroatoms. The molecule has 2 heterocycles. The Hall–Kier alpha value is -2.35. The Bertz CT molecular complexity index is 1250. The highest BCUT2D eigenvalue weighted by molar-refractivity contribution is 5.55. The van der Waals surface area contributed by atoms with Crippen LogP contribution in [0, 0.1) is 25.7 Å². The molecule has 7 rings (SSSR count). The SMILES string of the molecule is Cc1ccccc1-n1c(C)c2[n+](c1C1CCCCC1)-c1ccccc1C2(C1CCCC1)C1CCCC1. The van der Waals surface area contributed by atoms with Gasteiger partial charge in [0.1, 0.15) is 17.1 Å². The first kappa shape index (κ1) is 22.8. The van der Waals surface area contributed by atoms with Crippen molar-refractivity contribution in [2.24, 2.45) is 11.8 Å². The molecule has 1 aromatic heterocycles. The first-order valence-electron chi connectivity index (χ1n) is 15.1. The molecule has 0 atom stereocenters. The van der Waals surface area contributed by atoms with Crippen LogP contribution >= 0.6 is 0 Å². The first-order valence-corrected chi connectivity index (χ1v) is 15.1. The summed E-state index contributed by atoms with van der Waals surface area (Å²) in [4.78, 5) is 0. The third kappa shape index (κ3) is 3.12. The van der Waals surface area contributed by atoms with E-state index in [1.807, 2.05) is 0 Å². The molecule has 3 saturated carbocycles. The van der Waals surface area contributed by atoms with Crippen molar-refractivity contribution in [2.45, 2.75) is 109 Å². The van der Waals surface area contributed by atoms with E-state index in [1.165, 1.54) is 106 Å². The van der Waals surface area contributed by atoms with Crippen molar-refractivity contribution in [3.63, 3.8) is 0 Å². The lowest BCUT2D eigenvalue weighted by Crippen LogP contribution is -2.45. The molecule has 3 aromatic rings. The maximum Gasteiger partial charge on any atom is 0.270 e. The summed E-state index contributed by atoms with van der Waals surface area (Å²) in [6.07, 6.45) is 18.1. The Kier molecular flexibility index (Phi) is 5.64. The summed E-state index contributed by atoms with van der Waals surface area (Å²) in [5, 5.41) is 0. The fourth-order valence-electron chi connectivity index (χ4n) is 9.29. The summed E-state index contributed by atoms with van der Waals surface area (Å²) in [6, 6.07) is 18.8. The van der Waals surface area contributed by atoms with Crippen LogP contribution < -0.4 is 4.57 Å². The van der Waals surface area contributed by atoms with Gasteiger partial charge >= 0.3 is 0 Å². The minimum Gasteiger partial charge on any atom is -0.196 e. The van der Waals surface area contributed by atoms with Crippen LogP contribution in [0.15, 0.2) is 48.5 Å². The predicted molar refractivity (Wildman–Crippen MR) is 147 cm³/mol. The highest BCUT2D eigenvalue weighted by Crippen LogP contribution is 2.59. The lowest BCUT2D eigenvalue weighted by Gasteiger charge is -2.40. The lowest BCUT2D eigenvalue weighted by atomic mass is 9.60. The monoisotopic (exact) mass is 479 g/mol. The van der Waals surface area contributed by atoms with E-state index in [1.54, 1.807) is 17.1 Å². The Morgan fingerprint density at radius 1 is 0.694 bits per heavy atom. The second-order valence-corrected chi connectivity index (χ2v) is 12.4. The predicted octanol–water partition coefficient (Wildman–Crippen LogP) is 8.40. The molecule has 3 aliphatic carbocycles. The smallest absolute Gasteiger partial charge is 0.196 e. The van der Waals surface area contributed by atoms with Crippen LogP contribution in [0.5, 0.6) is 0 Å². The van der Waals surface area contributed by atoms with E-state index < -0.39 is 0 Å². The maximum absolute atomic E-state index is 2.85. The topological polar surface area (TPSA) is 8.81 Å². The van der Waals surface area contributed by atoms with E-state index in [9.17, 15) is 0 Å². The second kappa shape index (κ2) is 8.89. The quantitative estimate of drug-likeness (QED) is 0.332. The first-order chi connectivity index (χ1) is 17.7. The van der Waals surface area contributed by atoms with Gasteiger partial charge in [0.15, 0.2) is 5.69 Å². The summed E-state index contributed by atoms with van der Waals surface area (Å²) in [6.45, 7) is 4.79. The van der Waals surface area contributed by atoms with Crippen molar-refractivity contribution in [3.05, 3.63) is 76.9 Å². The minimum atomic E-state index is 0.186. The molecule has 0 amide bonds. The summed E-state index contributed by atoms with van der Waals surface area (Å²) >= 11 is 0. The molecule has 3 fully saturated rings. The Balaban J connectivity index is 1.59. The maximum atomic E-state index is 2.85. The molecule has 36 heavy (non-hydrogen) atoms. The number of para-hydroxylation sites is 2. The Labute approximate surface area is 217 Å². The zero-order chi connectivity index (χ0) is 24.3. The fourth-order valence-corrected chi connectivity index (χ4v) is 9.29. The van der Waals surface area contributed by atoms with E-state index in [0.717, 1.165) is 11.8 Å². The van der Waals surface area contributed by atoms with Crippen LogP contribution in [0.1, 0.15) is 118 Å². The standard InChI is InChI=1S/C34H43N2/c1-24-14-6-12-22-30(24)35-25(2)32-34(27-17-7-8-18-27,28-19-9-10-20-28)29-21-11-13-23-31(29)36(32)33(35)26-15-4-3-5-16-26/h6,11-14,21-23,26-28H,3-5,7-10,15-20H2,1-2H3/q+1. The highest BCUT2D eigenvalue weighted by Gasteiger charge is 2.61. The van der Waals surface area contributed by atoms with Crippen molar-refractivity contribution in [1.29, 1.82) is 0 Å². The molecule has 4 aliphatic rings. The zero-order valence-corrected chi connectivity index (χ0v) is 22.4. The van der Waals surface area contributed by atoms with Crippen LogP contribution in [0.3, 0.4) is 0 Å². The number of nitrogens with zero attached hydrogens (tertiary/aromatic N) is 2. The van der Waals surface area contributed by atoms with Gasteiger partial charge < -0.3 is 0 Å². The fraction of sp³-hybridized carbons (Fsp3) is 0.559. The summed E-state index contributed by atoms with van der Waals surface area (Å²) in [5.74, 6) is 3.78. The largest absolute Gasteiger partial charge is 0.270 e. The van der Waals surface area contributed by atoms with E-state index in [-0.39, 0.29) is 5.41 Å².